The molecule has 29 heavy (non-hydrogen) atoms. The van der Waals surface area contributed by atoms with Gasteiger partial charge in [0.25, 0.3) is 0 Å². The Morgan fingerprint density at radius 3 is 2.45 bits per heavy atom. The van der Waals surface area contributed by atoms with Crippen molar-refractivity contribution < 1.29 is 19.1 Å². The van der Waals surface area contributed by atoms with E-state index in [1.165, 1.54) is 7.11 Å². The molecule has 1 fully saturated rings. The SMILES string of the molecule is COC(=O)CCc1ccc2cccc(N3CCN(C(=O)OC(C)(C)C)CC3)c2n1. The summed E-state index contributed by atoms with van der Waals surface area (Å²) in [6.07, 6.45) is 0.591. The average molecular weight is 399 g/mol. The lowest BCUT2D eigenvalue weighted by atomic mass is 10.1. The van der Waals surface area contributed by atoms with E-state index >= 15 is 0 Å². The van der Waals surface area contributed by atoms with E-state index in [1.54, 1.807) is 4.90 Å². The van der Waals surface area contributed by atoms with Crippen LogP contribution < -0.4 is 4.90 Å². The summed E-state index contributed by atoms with van der Waals surface area (Å²) in [7, 11) is 1.39. The zero-order chi connectivity index (χ0) is 21.0. The average Bonchev–Trinajstić information content (AvgIpc) is 2.70. The normalized spacial score (nSPS) is 14.8. The molecule has 0 N–H and O–H groups in total. The van der Waals surface area contributed by atoms with E-state index < -0.39 is 5.60 Å². The topological polar surface area (TPSA) is 72.0 Å². The number of amides is 1. The number of piperazine rings is 1. The number of hydrogen-bond acceptors (Lipinski definition) is 6. The summed E-state index contributed by atoms with van der Waals surface area (Å²) in [4.78, 5) is 32.5. The van der Waals surface area contributed by atoms with Gasteiger partial charge >= 0.3 is 12.1 Å². The van der Waals surface area contributed by atoms with Crippen molar-refractivity contribution in [2.75, 3.05) is 38.2 Å². The van der Waals surface area contributed by atoms with Gasteiger partial charge < -0.3 is 19.3 Å². The van der Waals surface area contributed by atoms with Crippen LogP contribution in [-0.2, 0) is 20.7 Å². The number of esters is 1. The van der Waals surface area contributed by atoms with Crippen molar-refractivity contribution in [2.45, 2.75) is 39.2 Å². The highest BCUT2D eigenvalue weighted by Gasteiger charge is 2.26. The van der Waals surface area contributed by atoms with Crippen molar-refractivity contribution in [3.05, 3.63) is 36.0 Å². The standard InChI is InChI=1S/C22H29N3O4/c1-22(2,3)29-21(27)25-14-12-24(13-15-25)18-7-5-6-16-8-9-17(23-20(16)18)10-11-19(26)28-4/h5-9H,10-15H2,1-4H3. The molecule has 7 nitrogen and oxygen atoms in total. The van der Waals surface area contributed by atoms with Crippen LogP contribution in [0.3, 0.4) is 0 Å². The van der Waals surface area contributed by atoms with Gasteiger partial charge in [0.2, 0.25) is 0 Å². The lowest BCUT2D eigenvalue weighted by molar-refractivity contribution is -0.140. The van der Waals surface area contributed by atoms with Crippen molar-refractivity contribution >= 4 is 28.7 Å². The van der Waals surface area contributed by atoms with Gasteiger partial charge in [-0.15, -0.1) is 0 Å². The number of para-hydroxylation sites is 1. The number of pyridine rings is 1. The van der Waals surface area contributed by atoms with Crippen molar-refractivity contribution in [3.63, 3.8) is 0 Å². The molecule has 0 spiro atoms. The van der Waals surface area contributed by atoms with Crippen LogP contribution in [0.25, 0.3) is 10.9 Å². The van der Waals surface area contributed by atoms with Crippen LogP contribution in [0.1, 0.15) is 32.9 Å². The van der Waals surface area contributed by atoms with E-state index in [0.29, 0.717) is 39.0 Å². The number of ether oxygens (including phenoxy) is 2. The number of methoxy groups -OCH3 is 1. The van der Waals surface area contributed by atoms with E-state index in [1.807, 2.05) is 45.0 Å². The van der Waals surface area contributed by atoms with Gasteiger partial charge in [-0.05, 0) is 32.9 Å². The van der Waals surface area contributed by atoms with Crippen LogP contribution in [0.15, 0.2) is 30.3 Å². The Labute approximate surface area is 171 Å². The molecular weight excluding hydrogens is 370 g/mol. The lowest BCUT2D eigenvalue weighted by Gasteiger charge is -2.37. The molecule has 0 radical (unpaired) electrons. The Morgan fingerprint density at radius 2 is 1.79 bits per heavy atom. The summed E-state index contributed by atoms with van der Waals surface area (Å²) in [5.41, 5.74) is 2.34. The second-order valence-electron chi connectivity index (χ2n) is 8.18. The maximum absolute atomic E-state index is 12.3. The molecule has 2 heterocycles. The van der Waals surface area contributed by atoms with Gasteiger partial charge in [-0.25, -0.2) is 4.79 Å². The minimum absolute atomic E-state index is 0.238. The number of anilines is 1. The van der Waals surface area contributed by atoms with Crippen molar-refractivity contribution in [1.29, 1.82) is 0 Å². The third-order valence-electron chi connectivity index (χ3n) is 4.84. The molecule has 1 aliphatic heterocycles. The fraction of sp³-hybridized carbons (Fsp3) is 0.500. The highest BCUT2D eigenvalue weighted by molar-refractivity contribution is 5.91. The number of fused-ring (bicyclic) bond motifs is 1. The fourth-order valence-electron chi connectivity index (χ4n) is 3.35. The molecule has 1 aliphatic rings. The van der Waals surface area contributed by atoms with Gasteiger partial charge in [-0.2, -0.15) is 0 Å². The number of benzene rings is 1. The predicted molar refractivity (Wildman–Crippen MR) is 112 cm³/mol. The second-order valence-corrected chi connectivity index (χ2v) is 8.18. The maximum Gasteiger partial charge on any atom is 0.410 e. The summed E-state index contributed by atoms with van der Waals surface area (Å²) in [5, 5.41) is 1.05. The Morgan fingerprint density at radius 1 is 1.07 bits per heavy atom. The first-order chi connectivity index (χ1) is 13.8. The number of hydrogen-bond donors (Lipinski definition) is 0. The third kappa shape index (κ3) is 5.37. The first kappa shape index (κ1) is 20.9. The molecule has 2 aromatic rings. The molecule has 0 aliphatic carbocycles. The van der Waals surface area contributed by atoms with Gasteiger partial charge in [0, 0.05) is 43.7 Å². The van der Waals surface area contributed by atoms with Crippen LogP contribution >= 0.6 is 0 Å². The van der Waals surface area contributed by atoms with Gasteiger partial charge in [-0.3, -0.25) is 9.78 Å². The molecule has 1 aromatic carbocycles. The molecule has 1 saturated heterocycles. The monoisotopic (exact) mass is 399 g/mol. The number of carbonyl (C=O) groups is 2. The van der Waals surface area contributed by atoms with Crippen LogP contribution in [0.5, 0.6) is 0 Å². The molecule has 1 amide bonds. The molecule has 7 heteroatoms. The van der Waals surface area contributed by atoms with Gasteiger partial charge in [-0.1, -0.05) is 18.2 Å². The molecule has 0 bridgehead atoms. The minimum atomic E-state index is -0.492. The molecule has 156 valence electrons. The molecule has 3 rings (SSSR count). The van der Waals surface area contributed by atoms with Crippen LogP contribution in [0, 0.1) is 0 Å². The first-order valence-corrected chi connectivity index (χ1v) is 9.95. The van der Waals surface area contributed by atoms with Crippen molar-refractivity contribution in [1.82, 2.24) is 9.88 Å². The largest absolute Gasteiger partial charge is 0.469 e. The zero-order valence-electron chi connectivity index (χ0n) is 17.6. The smallest absolute Gasteiger partial charge is 0.410 e. The molecule has 0 unspecified atom stereocenters. The predicted octanol–water partition coefficient (Wildman–Crippen LogP) is 3.40. The number of rotatable bonds is 4. The van der Waals surface area contributed by atoms with E-state index in [-0.39, 0.29) is 12.1 Å². The third-order valence-corrected chi connectivity index (χ3v) is 4.84. The van der Waals surface area contributed by atoms with E-state index in [9.17, 15) is 9.59 Å². The zero-order valence-corrected chi connectivity index (χ0v) is 17.6. The van der Waals surface area contributed by atoms with Crippen LogP contribution in [-0.4, -0.2) is 60.8 Å². The van der Waals surface area contributed by atoms with E-state index in [0.717, 1.165) is 22.3 Å². The second kappa shape index (κ2) is 8.68. The number of nitrogens with zero attached hydrogens (tertiary/aromatic N) is 3. The highest BCUT2D eigenvalue weighted by Crippen LogP contribution is 2.27. The molecule has 0 atom stereocenters. The molecular formula is C22H29N3O4. The molecule has 0 saturated carbocycles. The summed E-state index contributed by atoms with van der Waals surface area (Å²) < 4.78 is 10.2. The number of aryl methyl sites for hydroxylation is 1. The Kier molecular flexibility index (Phi) is 6.25. The Balaban J connectivity index is 1.73. The summed E-state index contributed by atoms with van der Waals surface area (Å²) in [5.74, 6) is -0.238. The Hall–Kier alpha value is -2.83. The Bertz CT molecular complexity index is 883. The lowest BCUT2D eigenvalue weighted by Crippen LogP contribution is -2.50. The van der Waals surface area contributed by atoms with E-state index in [2.05, 4.69) is 11.0 Å². The highest BCUT2D eigenvalue weighted by atomic mass is 16.6. The van der Waals surface area contributed by atoms with E-state index in [4.69, 9.17) is 14.5 Å². The minimum Gasteiger partial charge on any atom is -0.469 e. The summed E-state index contributed by atoms with van der Waals surface area (Å²) >= 11 is 0. The maximum atomic E-state index is 12.3. The van der Waals surface area contributed by atoms with Gasteiger partial charge in [0.15, 0.2) is 0 Å². The first-order valence-electron chi connectivity index (χ1n) is 9.95. The van der Waals surface area contributed by atoms with Crippen molar-refractivity contribution in [2.24, 2.45) is 0 Å². The summed E-state index contributed by atoms with van der Waals surface area (Å²) in [6, 6.07) is 10.1. The van der Waals surface area contributed by atoms with Crippen molar-refractivity contribution in [3.8, 4) is 0 Å². The molecule has 1 aromatic heterocycles. The van der Waals surface area contributed by atoms with Gasteiger partial charge in [0.1, 0.15) is 5.60 Å². The van der Waals surface area contributed by atoms with Crippen LogP contribution in [0.4, 0.5) is 10.5 Å². The fourth-order valence-corrected chi connectivity index (χ4v) is 3.35. The number of carbonyl (C=O) groups excluding carboxylic acids is 2. The van der Waals surface area contributed by atoms with Gasteiger partial charge in [0.05, 0.1) is 24.7 Å². The number of aromatic nitrogens is 1. The summed E-state index contributed by atoms with van der Waals surface area (Å²) in [6.45, 7) is 8.27. The quantitative estimate of drug-likeness (QED) is 0.734. The van der Waals surface area contributed by atoms with Crippen LogP contribution in [0.2, 0.25) is 0 Å².